The van der Waals surface area contributed by atoms with Crippen molar-refractivity contribution in [2.45, 2.75) is 13.3 Å². The van der Waals surface area contributed by atoms with E-state index in [0.29, 0.717) is 13.0 Å². The molecule has 0 spiro atoms. The van der Waals surface area contributed by atoms with Crippen LogP contribution in [-0.2, 0) is 6.42 Å². The minimum absolute atomic E-state index is 0.129. The molecule has 2 nitrogen and oxygen atoms in total. The van der Waals surface area contributed by atoms with E-state index in [-0.39, 0.29) is 5.78 Å². The lowest BCUT2D eigenvalue weighted by Gasteiger charge is -2.04. The normalized spacial score (nSPS) is 10.1. The highest BCUT2D eigenvalue weighted by molar-refractivity contribution is 5.97. The smallest absolute Gasteiger partial charge is 0.167 e. The maximum Gasteiger partial charge on any atom is 0.167 e. The Bertz CT molecular complexity index is 500. The summed E-state index contributed by atoms with van der Waals surface area (Å²) < 4.78 is 5.35. The van der Waals surface area contributed by atoms with E-state index in [1.807, 2.05) is 61.5 Å². The van der Waals surface area contributed by atoms with Crippen LogP contribution in [0.15, 0.2) is 54.6 Å². The van der Waals surface area contributed by atoms with Crippen LogP contribution in [0.2, 0.25) is 0 Å². The van der Waals surface area contributed by atoms with Gasteiger partial charge in [0.15, 0.2) is 5.78 Å². The molecule has 0 saturated carbocycles. The first kappa shape index (κ1) is 12.4. The van der Waals surface area contributed by atoms with Crippen LogP contribution in [0.4, 0.5) is 0 Å². The first-order valence-corrected chi connectivity index (χ1v) is 6.09. The van der Waals surface area contributed by atoms with E-state index < -0.39 is 0 Å². The maximum absolute atomic E-state index is 12.0. The fourth-order valence-electron chi connectivity index (χ4n) is 1.79. The molecule has 0 fully saturated rings. The van der Waals surface area contributed by atoms with E-state index in [2.05, 4.69) is 0 Å². The average molecular weight is 240 g/mol. The molecule has 2 aromatic rings. The Kier molecular flexibility index (Phi) is 4.13. The SMILES string of the molecule is CCOc1ccc(C(=O)Cc2ccccc2)cc1. The molecule has 0 bridgehead atoms. The van der Waals surface area contributed by atoms with Gasteiger partial charge in [-0.3, -0.25) is 4.79 Å². The second kappa shape index (κ2) is 6.01. The van der Waals surface area contributed by atoms with E-state index in [1.54, 1.807) is 0 Å². The molecule has 0 heterocycles. The van der Waals surface area contributed by atoms with Gasteiger partial charge < -0.3 is 4.74 Å². The molecule has 18 heavy (non-hydrogen) atoms. The number of hydrogen-bond acceptors (Lipinski definition) is 2. The van der Waals surface area contributed by atoms with Crippen molar-refractivity contribution in [1.82, 2.24) is 0 Å². The average Bonchev–Trinajstić information content (AvgIpc) is 2.41. The minimum atomic E-state index is 0.129. The molecule has 0 saturated heterocycles. The molecular formula is C16H16O2. The number of hydrogen-bond donors (Lipinski definition) is 0. The lowest BCUT2D eigenvalue weighted by molar-refractivity contribution is 0.0993. The van der Waals surface area contributed by atoms with Gasteiger partial charge >= 0.3 is 0 Å². The summed E-state index contributed by atoms with van der Waals surface area (Å²) in [5, 5.41) is 0. The molecule has 2 rings (SSSR count). The third-order valence-corrected chi connectivity index (χ3v) is 2.69. The van der Waals surface area contributed by atoms with Crippen LogP contribution in [0.25, 0.3) is 0 Å². The van der Waals surface area contributed by atoms with Crippen molar-refractivity contribution in [1.29, 1.82) is 0 Å². The van der Waals surface area contributed by atoms with Gasteiger partial charge in [-0.2, -0.15) is 0 Å². The minimum Gasteiger partial charge on any atom is -0.494 e. The summed E-state index contributed by atoms with van der Waals surface area (Å²) in [6.45, 7) is 2.58. The summed E-state index contributed by atoms with van der Waals surface area (Å²) in [5.74, 6) is 0.929. The number of ketones is 1. The van der Waals surface area contributed by atoms with Gasteiger partial charge in [0, 0.05) is 12.0 Å². The molecule has 0 aliphatic heterocycles. The van der Waals surface area contributed by atoms with Crippen LogP contribution >= 0.6 is 0 Å². The van der Waals surface area contributed by atoms with E-state index >= 15 is 0 Å². The second-order valence-electron chi connectivity index (χ2n) is 4.04. The highest BCUT2D eigenvalue weighted by Gasteiger charge is 2.06. The van der Waals surface area contributed by atoms with Crippen molar-refractivity contribution in [3.05, 3.63) is 65.7 Å². The molecular weight excluding hydrogens is 224 g/mol. The Hall–Kier alpha value is -2.09. The van der Waals surface area contributed by atoms with Crippen LogP contribution < -0.4 is 4.74 Å². The summed E-state index contributed by atoms with van der Waals surface area (Å²) in [6, 6.07) is 17.1. The number of benzene rings is 2. The van der Waals surface area contributed by atoms with Gasteiger partial charge in [-0.05, 0) is 36.8 Å². The summed E-state index contributed by atoms with van der Waals surface area (Å²) >= 11 is 0. The van der Waals surface area contributed by atoms with E-state index in [9.17, 15) is 4.79 Å². The van der Waals surface area contributed by atoms with Crippen LogP contribution in [0.1, 0.15) is 22.8 Å². The van der Waals surface area contributed by atoms with Crippen LogP contribution in [0, 0.1) is 0 Å². The molecule has 0 aliphatic carbocycles. The highest BCUT2D eigenvalue weighted by Crippen LogP contribution is 2.14. The van der Waals surface area contributed by atoms with Crippen LogP contribution in [0.3, 0.4) is 0 Å². The largest absolute Gasteiger partial charge is 0.494 e. The Morgan fingerprint density at radius 1 is 1.00 bits per heavy atom. The van der Waals surface area contributed by atoms with E-state index in [1.165, 1.54) is 0 Å². The summed E-state index contributed by atoms with van der Waals surface area (Å²) in [4.78, 5) is 12.0. The lowest BCUT2D eigenvalue weighted by Crippen LogP contribution is -2.03. The first-order valence-electron chi connectivity index (χ1n) is 6.09. The molecule has 0 aliphatic rings. The number of rotatable bonds is 5. The predicted molar refractivity (Wildman–Crippen MR) is 72.1 cm³/mol. The maximum atomic E-state index is 12.0. The monoisotopic (exact) mass is 240 g/mol. The van der Waals surface area contributed by atoms with Crippen molar-refractivity contribution >= 4 is 5.78 Å². The molecule has 2 aromatic carbocycles. The van der Waals surface area contributed by atoms with Crippen molar-refractivity contribution < 1.29 is 9.53 Å². The summed E-state index contributed by atoms with van der Waals surface area (Å²) in [7, 11) is 0. The number of carbonyl (C=O) groups is 1. The molecule has 0 aromatic heterocycles. The quantitative estimate of drug-likeness (QED) is 0.747. The number of carbonyl (C=O) groups excluding carboxylic acids is 1. The van der Waals surface area contributed by atoms with Gasteiger partial charge in [0.05, 0.1) is 6.61 Å². The predicted octanol–water partition coefficient (Wildman–Crippen LogP) is 3.51. The molecule has 0 N–H and O–H groups in total. The molecule has 0 radical (unpaired) electrons. The van der Waals surface area contributed by atoms with Gasteiger partial charge in [0.25, 0.3) is 0 Å². The fraction of sp³-hybridized carbons (Fsp3) is 0.188. The van der Waals surface area contributed by atoms with E-state index in [4.69, 9.17) is 4.74 Å². The number of Topliss-reactive ketones (excluding diaryl/α,β-unsaturated/α-hetero) is 1. The van der Waals surface area contributed by atoms with Gasteiger partial charge in [-0.15, -0.1) is 0 Å². The molecule has 2 heteroatoms. The summed E-state index contributed by atoms with van der Waals surface area (Å²) in [5.41, 5.74) is 1.76. The lowest BCUT2D eigenvalue weighted by atomic mass is 10.0. The zero-order valence-corrected chi connectivity index (χ0v) is 10.4. The van der Waals surface area contributed by atoms with Crippen molar-refractivity contribution in [2.24, 2.45) is 0 Å². The molecule has 0 atom stereocenters. The third-order valence-electron chi connectivity index (χ3n) is 2.69. The molecule has 0 unspecified atom stereocenters. The van der Waals surface area contributed by atoms with Gasteiger partial charge in [0.2, 0.25) is 0 Å². The van der Waals surface area contributed by atoms with Crippen molar-refractivity contribution in [3.63, 3.8) is 0 Å². The fourth-order valence-corrected chi connectivity index (χ4v) is 1.79. The highest BCUT2D eigenvalue weighted by atomic mass is 16.5. The van der Waals surface area contributed by atoms with Crippen LogP contribution in [0.5, 0.6) is 5.75 Å². The Morgan fingerprint density at radius 3 is 2.28 bits per heavy atom. The third kappa shape index (κ3) is 3.20. The standard InChI is InChI=1S/C16H16O2/c1-2-18-15-10-8-14(9-11-15)16(17)12-13-6-4-3-5-7-13/h3-11H,2,12H2,1H3. The van der Waals surface area contributed by atoms with Crippen molar-refractivity contribution in [2.75, 3.05) is 6.61 Å². The van der Waals surface area contributed by atoms with Crippen LogP contribution in [-0.4, -0.2) is 12.4 Å². The first-order chi connectivity index (χ1) is 8.79. The molecule has 92 valence electrons. The Labute approximate surface area is 107 Å². The van der Waals surface area contributed by atoms with E-state index in [0.717, 1.165) is 16.9 Å². The van der Waals surface area contributed by atoms with Gasteiger partial charge in [0.1, 0.15) is 5.75 Å². The Morgan fingerprint density at radius 2 is 1.67 bits per heavy atom. The topological polar surface area (TPSA) is 26.3 Å². The van der Waals surface area contributed by atoms with Gasteiger partial charge in [-0.25, -0.2) is 0 Å². The number of ether oxygens (including phenoxy) is 1. The van der Waals surface area contributed by atoms with Crippen molar-refractivity contribution in [3.8, 4) is 5.75 Å². The second-order valence-corrected chi connectivity index (χ2v) is 4.04. The summed E-state index contributed by atoms with van der Waals surface area (Å²) in [6.07, 6.45) is 0.439. The molecule has 0 amide bonds. The van der Waals surface area contributed by atoms with Gasteiger partial charge in [-0.1, -0.05) is 30.3 Å². The zero-order chi connectivity index (χ0) is 12.8. The zero-order valence-electron chi connectivity index (χ0n) is 10.4. The Balaban J connectivity index is 2.05.